The molecule has 2 aromatic rings. The number of ether oxygens (including phenoxy) is 1. The molecule has 2 aliphatic rings. The molecule has 7 heteroatoms. The van der Waals surface area contributed by atoms with E-state index in [1.165, 1.54) is 0 Å². The number of carbonyl (C=O) groups excluding carboxylic acids is 2. The maximum Gasteiger partial charge on any atom is 0.256 e. The number of nitrogens with one attached hydrogen (secondary N) is 2. The van der Waals surface area contributed by atoms with Gasteiger partial charge in [0, 0.05) is 25.5 Å². The van der Waals surface area contributed by atoms with E-state index in [1.54, 1.807) is 18.3 Å². The Balaban J connectivity index is 1.50. The number of anilines is 2. The molecule has 1 aromatic heterocycles. The summed E-state index contributed by atoms with van der Waals surface area (Å²) in [4.78, 5) is 30.8. The summed E-state index contributed by atoms with van der Waals surface area (Å²) < 4.78 is 5.25. The molecule has 0 unspecified atom stereocenters. The lowest BCUT2D eigenvalue weighted by atomic mass is 10.1. The molecule has 0 spiro atoms. The molecule has 1 saturated heterocycles. The number of amides is 2. The average molecular weight is 352 g/mol. The van der Waals surface area contributed by atoms with E-state index < -0.39 is 0 Å². The highest BCUT2D eigenvalue weighted by molar-refractivity contribution is 6.01. The van der Waals surface area contributed by atoms with Gasteiger partial charge in [0.2, 0.25) is 5.91 Å². The molecule has 7 nitrogen and oxygen atoms in total. The minimum Gasteiger partial charge on any atom is -0.381 e. The van der Waals surface area contributed by atoms with Gasteiger partial charge in [-0.25, -0.2) is 4.98 Å². The van der Waals surface area contributed by atoms with Crippen LogP contribution in [0.1, 0.15) is 28.5 Å². The molecule has 2 aliphatic heterocycles. The molecule has 26 heavy (non-hydrogen) atoms. The summed E-state index contributed by atoms with van der Waals surface area (Å²) in [5.41, 5.74) is 2.21. The van der Waals surface area contributed by atoms with Crippen molar-refractivity contribution in [1.29, 1.82) is 0 Å². The fourth-order valence-electron chi connectivity index (χ4n) is 3.32. The van der Waals surface area contributed by atoms with Crippen LogP contribution in [-0.4, -0.2) is 37.1 Å². The van der Waals surface area contributed by atoms with Gasteiger partial charge in [0.25, 0.3) is 5.91 Å². The van der Waals surface area contributed by atoms with Gasteiger partial charge in [0.05, 0.1) is 18.1 Å². The van der Waals surface area contributed by atoms with Crippen LogP contribution in [0.2, 0.25) is 0 Å². The third-order valence-electron chi connectivity index (χ3n) is 4.81. The second-order valence-corrected chi connectivity index (χ2v) is 6.53. The first-order valence-electron chi connectivity index (χ1n) is 8.61. The summed E-state index contributed by atoms with van der Waals surface area (Å²) in [6.07, 6.45) is 2.13. The lowest BCUT2D eigenvalue weighted by molar-refractivity contribution is -0.119. The molecule has 2 atom stereocenters. The Morgan fingerprint density at radius 3 is 2.85 bits per heavy atom. The molecule has 134 valence electrons. The molecule has 0 saturated carbocycles. The van der Waals surface area contributed by atoms with Crippen LogP contribution in [0.3, 0.4) is 0 Å². The van der Waals surface area contributed by atoms with Gasteiger partial charge in [-0.2, -0.15) is 0 Å². The van der Waals surface area contributed by atoms with Crippen molar-refractivity contribution in [3.05, 3.63) is 53.7 Å². The highest BCUT2D eigenvalue weighted by Gasteiger charge is 2.30. The average Bonchev–Trinajstić information content (AvgIpc) is 3.20. The molecule has 3 heterocycles. The van der Waals surface area contributed by atoms with Gasteiger partial charge < -0.3 is 20.3 Å². The third kappa shape index (κ3) is 3.01. The molecule has 2 amide bonds. The molecular weight excluding hydrogens is 332 g/mol. The van der Waals surface area contributed by atoms with Gasteiger partial charge in [-0.15, -0.1) is 0 Å². The van der Waals surface area contributed by atoms with Crippen LogP contribution < -0.4 is 15.5 Å². The van der Waals surface area contributed by atoms with E-state index in [9.17, 15) is 9.59 Å². The maximum absolute atomic E-state index is 12.3. The van der Waals surface area contributed by atoms with E-state index in [0.717, 1.165) is 17.7 Å². The highest BCUT2D eigenvalue weighted by atomic mass is 16.5. The van der Waals surface area contributed by atoms with Crippen molar-refractivity contribution >= 4 is 23.3 Å². The highest BCUT2D eigenvalue weighted by Crippen LogP contribution is 2.30. The lowest BCUT2D eigenvalue weighted by Gasteiger charge is -2.35. The zero-order valence-corrected chi connectivity index (χ0v) is 14.4. The number of hydrogen-bond donors (Lipinski definition) is 2. The summed E-state index contributed by atoms with van der Waals surface area (Å²) in [6.45, 7) is 1.12. The summed E-state index contributed by atoms with van der Waals surface area (Å²) in [5, 5.41) is 5.90. The Morgan fingerprint density at radius 1 is 1.31 bits per heavy atom. The topological polar surface area (TPSA) is 83.6 Å². The SMILES string of the molecule is CN1c2ncccc2C(=O)N[C@@H]1c1ccc(NC(=O)[C@H]2CCOC2)cc1. The summed E-state index contributed by atoms with van der Waals surface area (Å²) >= 11 is 0. The van der Waals surface area contributed by atoms with Crippen molar-refractivity contribution in [3.8, 4) is 0 Å². The van der Waals surface area contributed by atoms with Gasteiger partial charge in [-0.1, -0.05) is 12.1 Å². The van der Waals surface area contributed by atoms with Crippen LogP contribution in [0.25, 0.3) is 0 Å². The summed E-state index contributed by atoms with van der Waals surface area (Å²) in [7, 11) is 1.89. The molecule has 1 fully saturated rings. The number of nitrogens with zero attached hydrogens (tertiary/aromatic N) is 2. The number of benzene rings is 1. The van der Waals surface area contributed by atoms with Crippen LogP contribution in [0.15, 0.2) is 42.6 Å². The zero-order chi connectivity index (χ0) is 18.1. The predicted molar refractivity (Wildman–Crippen MR) is 96.8 cm³/mol. The second-order valence-electron chi connectivity index (χ2n) is 6.53. The normalized spacial score (nSPS) is 21.9. The van der Waals surface area contributed by atoms with Gasteiger partial charge >= 0.3 is 0 Å². The molecule has 0 bridgehead atoms. The van der Waals surface area contributed by atoms with E-state index in [4.69, 9.17) is 4.74 Å². The maximum atomic E-state index is 12.3. The lowest BCUT2D eigenvalue weighted by Crippen LogP contribution is -2.45. The van der Waals surface area contributed by atoms with Gasteiger partial charge in [-0.05, 0) is 36.2 Å². The smallest absolute Gasteiger partial charge is 0.256 e. The second kappa shape index (κ2) is 6.76. The third-order valence-corrected chi connectivity index (χ3v) is 4.81. The monoisotopic (exact) mass is 352 g/mol. The first-order chi connectivity index (χ1) is 12.6. The van der Waals surface area contributed by atoms with Crippen LogP contribution in [0, 0.1) is 5.92 Å². The quantitative estimate of drug-likeness (QED) is 0.882. The summed E-state index contributed by atoms with van der Waals surface area (Å²) in [5.74, 6) is 0.409. The molecule has 2 N–H and O–H groups in total. The van der Waals surface area contributed by atoms with E-state index in [1.807, 2.05) is 36.2 Å². The number of carbonyl (C=O) groups is 2. The minimum atomic E-state index is -0.308. The van der Waals surface area contributed by atoms with Crippen molar-refractivity contribution in [2.75, 3.05) is 30.5 Å². The Labute approximate surface area is 151 Å². The van der Waals surface area contributed by atoms with Gasteiger partial charge in [-0.3, -0.25) is 9.59 Å². The predicted octanol–water partition coefficient (Wildman–Crippen LogP) is 1.93. The van der Waals surface area contributed by atoms with Crippen molar-refractivity contribution in [2.24, 2.45) is 5.92 Å². The Hall–Kier alpha value is -2.93. The minimum absolute atomic E-state index is 0.0172. The van der Waals surface area contributed by atoms with E-state index in [2.05, 4.69) is 15.6 Å². The Bertz CT molecular complexity index is 831. The largest absolute Gasteiger partial charge is 0.381 e. The van der Waals surface area contributed by atoms with Gasteiger partial charge in [0.1, 0.15) is 12.0 Å². The standard InChI is InChI=1S/C19H20N4O3/c1-23-16(22-19(25)15-3-2-9-20-17(15)23)12-4-6-14(7-5-12)21-18(24)13-8-10-26-11-13/h2-7,9,13,16H,8,10-11H2,1H3,(H,21,24)(H,22,25)/t13-,16-/m0/s1. The number of pyridine rings is 1. The van der Waals surface area contributed by atoms with Crippen LogP contribution in [0.5, 0.6) is 0 Å². The molecule has 0 radical (unpaired) electrons. The van der Waals surface area contributed by atoms with Crippen molar-refractivity contribution in [3.63, 3.8) is 0 Å². The fraction of sp³-hybridized carbons (Fsp3) is 0.316. The summed E-state index contributed by atoms with van der Waals surface area (Å²) in [6, 6.07) is 11.0. The van der Waals surface area contributed by atoms with Crippen LogP contribution in [-0.2, 0) is 9.53 Å². The number of fused-ring (bicyclic) bond motifs is 1. The Kier molecular flexibility index (Phi) is 4.30. The van der Waals surface area contributed by atoms with Gasteiger partial charge in [0.15, 0.2) is 0 Å². The van der Waals surface area contributed by atoms with Crippen LogP contribution >= 0.6 is 0 Å². The van der Waals surface area contributed by atoms with E-state index >= 15 is 0 Å². The van der Waals surface area contributed by atoms with Crippen molar-refractivity contribution in [1.82, 2.24) is 10.3 Å². The van der Waals surface area contributed by atoms with Crippen molar-refractivity contribution < 1.29 is 14.3 Å². The molecule has 0 aliphatic carbocycles. The number of aromatic nitrogens is 1. The van der Waals surface area contributed by atoms with E-state index in [-0.39, 0.29) is 23.9 Å². The number of hydrogen-bond acceptors (Lipinski definition) is 5. The first-order valence-corrected chi connectivity index (χ1v) is 8.61. The van der Waals surface area contributed by atoms with Crippen LogP contribution in [0.4, 0.5) is 11.5 Å². The molecular formula is C19H20N4O3. The molecule has 1 aromatic carbocycles. The van der Waals surface area contributed by atoms with E-state index in [0.29, 0.717) is 24.6 Å². The zero-order valence-electron chi connectivity index (χ0n) is 14.4. The number of rotatable bonds is 3. The first kappa shape index (κ1) is 16.5. The van der Waals surface area contributed by atoms with Crippen molar-refractivity contribution in [2.45, 2.75) is 12.6 Å². The fourth-order valence-corrected chi connectivity index (χ4v) is 3.32. The Morgan fingerprint density at radius 2 is 2.12 bits per heavy atom. The molecule has 4 rings (SSSR count).